The molecule has 1 aliphatic carbocycles. The molecule has 1 aromatic carbocycles. The molecule has 9 nitrogen and oxygen atoms in total. The van der Waals surface area contributed by atoms with Gasteiger partial charge in [0, 0.05) is 32.0 Å². The van der Waals surface area contributed by atoms with E-state index in [9.17, 15) is 9.90 Å². The minimum Gasteiger partial charge on any atom is -0.489 e. The van der Waals surface area contributed by atoms with Crippen molar-refractivity contribution in [2.45, 2.75) is 108 Å². The summed E-state index contributed by atoms with van der Waals surface area (Å²) in [5.74, 6) is -0.405. The first-order valence-electron chi connectivity index (χ1n) is 15.1. The number of aliphatic carboxylic acids is 1. The number of carboxylic acid groups (broad SMARTS) is 1. The molecule has 3 fully saturated rings. The maximum Gasteiger partial charge on any atom is 0.303 e. The zero-order valence-electron chi connectivity index (χ0n) is 23.7. The first-order chi connectivity index (χ1) is 20.0. The van der Waals surface area contributed by atoms with Gasteiger partial charge in [0.25, 0.3) is 0 Å². The van der Waals surface area contributed by atoms with Gasteiger partial charge in [-0.1, -0.05) is 35.9 Å². The van der Waals surface area contributed by atoms with Gasteiger partial charge in [-0.05, 0) is 69.9 Å². The van der Waals surface area contributed by atoms with Gasteiger partial charge >= 0.3 is 5.97 Å². The largest absolute Gasteiger partial charge is 0.489 e. The number of unbranched alkanes of at least 4 members (excludes halogenated alkanes) is 1. The number of aliphatic hydroxyl groups is 1. The predicted octanol–water partition coefficient (Wildman–Crippen LogP) is 5.51. The summed E-state index contributed by atoms with van der Waals surface area (Å²) in [5.41, 5.74) is 0. The summed E-state index contributed by atoms with van der Waals surface area (Å²) in [6.07, 6.45) is 9.84. The maximum absolute atomic E-state index is 11.0. The van der Waals surface area contributed by atoms with E-state index in [-0.39, 0.29) is 50.3 Å². The Balaban J connectivity index is 1.41. The quantitative estimate of drug-likeness (QED) is 0.188. The van der Waals surface area contributed by atoms with Crippen LogP contribution in [0.4, 0.5) is 0 Å². The minimum atomic E-state index is -0.795. The van der Waals surface area contributed by atoms with Gasteiger partial charge < -0.3 is 38.6 Å². The second-order valence-corrected chi connectivity index (χ2v) is 11.4. The van der Waals surface area contributed by atoms with E-state index in [1.54, 1.807) is 6.07 Å². The topological polar surface area (TPSA) is 113 Å². The van der Waals surface area contributed by atoms with E-state index in [1.165, 1.54) is 0 Å². The van der Waals surface area contributed by atoms with Gasteiger partial charge in [-0.25, -0.2) is 0 Å². The molecule has 1 aromatic rings. The fourth-order valence-electron chi connectivity index (χ4n) is 5.58. The Bertz CT molecular complexity index is 932. The van der Waals surface area contributed by atoms with Gasteiger partial charge in [0.2, 0.25) is 0 Å². The summed E-state index contributed by atoms with van der Waals surface area (Å²) >= 11 is 6.31. The van der Waals surface area contributed by atoms with Crippen molar-refractivity contribution in [1.29, 1.82) is 0 Å². The summed E-state index contributed by atoms with van der Waals surface area (Å²) in [7, 11) is 0. The maximum atomic E-state index is 11.0. The Labute approximate surface area is 248 Å². The van der Waals surface area contributed by atoms with E-state index in [1.807, 2.05) is 30.4 Å². The van der Waals surface area contributed by atoms with Crippen molar-refractivity contribution in [2.75, 3.05) is 26.4 Å². The molecule has 2 heterocycles. The highest BCUT2D eigenvalue weighted by Gasteiger charge is 2.45. The van der Waals surface area contributed by atoms with Gasteiger partial charge in [-0.3, -0.25) is 4.79 Å². The molecule has 7 atom stereocenters. The van der Waals surface area contributed by atoms with Crippen LogP contribution < -0.4 is 4.74 Å². The fourth-order valence-corrected chi connectivity index (χ4v) is 5.77. The fraction of sp³-hybridized carbons (Fsp3) is 0.710. The van der Waals surface area contributed by atoms with Crippen molar-refractivity contribution >= 4 is 17.6 Å². The molecule has 1 saturated carbocycles. The number of para-hydroxylation sites is 1. The summed E-state index contributed by atoms with van der Waals surface area (Å²) in [5, 5.41) is 20.4. The number of benzene rings is 1. The zero-order valence-corrected chi connectivity index (χ0v) is 24.5. The summed E-state index contributed by atoms with van der Waals surface area (Å²) in [4.78, 5) is 10.8. The summed E-state index contributed by atoms with van der Waals surface area (Å²) < 4.78 is 36.9. The van der Waals surface area contributed by atoms with Crippen LogP contribution in [0.15, 0.2) is 36.4 Å². The third-order valence-electron chi connectivity index (χ3n) is 7.78. The third-order valence-corrected chi connectivity index (χ3v) is 8.09. The number of halogens is 1. The predicted molar refractivity (Wildman–Crippen MR) is 153 cm³/mol. The van der Waals surface area contributed by atoms with E-state index in [2.05, 4.69) is 0 Å². The molecule has 0 radical (unpaired) electrons. The number of hydrogen-bond donors (Lipinski definition) is 2. The Morgan fingerprint density at radius 3 is 2.51 bits per heavy atom. The first kappa shape index (κ1) is 32.2. The number of carboxylic acids is 1. The van der Waals surface area contributed by atoms with Crippen LogP contribution in [0.5, 0.6) is 5.75 Å². The van der Waals surface area contributed by atoms with Crippen LogP contribution in [0.1, 0.15) is 70.6 Å². The zero-order chi connectivity index (χ0) is 28.9. The second kappa shape index (κ2) is 17.4. The molecule has 0 bridgehead atoms. The highest BCUT2D eigenvalue weighted by atomic mass is 35.5. The van der Waals surface area contributed by atoms with E-state index in [0.29, 0.717) is 49.7 Å². The van der Waals surface area contributed by atoms with Gasteiger partial charge in [-0.15, -0.1) is 0 Å². The van der Waals surface area contributed by atoms with Crippen LogP contribution in [0.2, 0.25) is 5.02 Å². The summed E-state index contributed by atoms with van der Waals surface area (Å²) in [6.45, 7) is 1.79. The van der Waals surface area contributed by atoms with Crippen LogP contribution in [-0.2, 0) is 28.5 Å². The lowest BCUT2D eigenvalue weighted by molar-refractivity contribution is -0.226. The van der Waals surface area contributed by atoms with E-state index < -0.39 is 18.2 Å². The smallest absolute Gasteiger partial charge is 0.303 e. The van der Waals surface area contributed by atoms with Crippen LogP contribution in [0.25, 0.3) is 0 Å². The average Bonchev–Trinajstić information content (AvgIpc) is 3.26. The van der Waals surface area contributed by atoms with Gasteiger partial charge in [0.1, 0.15) is 18.5 Å². The molecule has 3 aliphatic rings. The number of carbonyl (C=O) groups is 1. The molecule has 10 heteroatoms. The lowest BCUT2D eigenvalue weighted by Crippen LogP contribution is -2.40. The van der Waals surface area contributed by atoms with E-state index in [0.717, 1.165) is 38.5 Å². The molecule has 0 aromatic heterocycles. The van der Waals surface area contributed by atoms with Crippen molar-refractivity contribution < 1.29 is 43.4 Å². The molecule has 4 rings (SSSR count). The molecule has 0 amide bonds. The first-order valence-corrected chi connectivity index (χ1v) is 15.5. The molecule has 0 spiro atoms. The molecule has 230 valence electrons. The van der Waals surface area contributed by atoms with Crippen LogP contribution in [-0.4, -0.2) is 79.6 Å². The molecule has 2 saturated heterocycles. The number of rotatable bonds is 16. The monoisotopic (exact) mass is 596 g/mol. The van der Waals surface area contributed by atoms with Crippen molar-refractivity contribution in [3.63, 3.8) is 0 Å². The average molecular weight is 597 g/mol. The van der Waals surface area contributed by atoms with Gasteiger partial charge in [-0.2, -0.15) is 0 Å². The standard InChI is InChI=1S/C31H45ClO9/c32-24-12-5-6-13-26(24)38-20-22(40-29-15-7-9-17-36-29)21-39-31-23(11-3-1-2-4-14-28(34)35)25(33)19-27(31)41-30-16-8-10-18-37-30/h1,3,5-6,12-13,22-23,25,27,29-31,33H,2,4,7-11,14-21H2,(H,34,35)/b3-1+. The van der Waals surface area contributed by atoms with Gasteiger partial charge in [0.05, 0.1) is 29.9 Å². The van der Waals surface area contributed by atoms with E-state index in [4.69, 9.17) is 45.1 Å². The normalized spacial score (nSPS) is 29.5. The lowest BCUT2D eigenvalue weighted by Gasteiger charge is -2.32. The SMILES string of the molecule is O=C(O)CCC/C=C/CC1C(O)CC(OC2CCCCO2)C1OCC(COc1ccccc1Cl)OC1CCCCO1. The van der Waals surface area contributed by atoms with Crippen LogP contribution in [0, 0.1) is 5.92 Å². The molecule has 41 heavy (non-hydrogen) atoms. The van der Waals surface area contributed by atoms with Gasteiger partial charge in [0.15, 0.2) is 12.6 Å². The van der Waals surface area contributed by atoms with Crippen molar-refractivity contribution in [3.8, 4) is 5.75 Å². The van der Waals surface area contributed by atoms with Crippen molar-refractivity contribution in [1.82, 2.24) is 0 Å². The Hall–Kier alpha value is -1.72. The lowest BCUT2D eigenvalue weighted by atomic mass is 9.98. The third kappa shape index (κ3) is 10.8. The Morgan fingerprint density at radius 2 is 1.80 bits per heavy atom. The number of ether oxygens (including phenoxy) is 6. The van der Waals surface area contributed by atoms with E-state index >= 15 is 0 Å². The number of hydrogen-bond acceptors (Lipinski definition) is 8. The number of aliphatic hydroxyl groups excluding tert-OH is 1. The second-order valence-electron chi connectivity index (χ2n) is 11.0. The highest BCUT2D eigenvalue weighted by Crippen LogP contribution is 2.36. The van der Waals surface area contributed by atoms with Crippen molar-refractivity contribution in [2.24, 2.45) is 5.92 Å². The molecular formula is C31H45ClO9. The highest BCUT2D eigenvalue weighted by molar-refractivity contribution is 6.32. The molecular weight excluding hydrogens is 552 g/mol. The molecule has 2 aliphatic heterocycles. The molecule has 7 unspecified atom stereocenters. The molecule has 2 N–H and O–H groups in total. The Morgan fingerprint density at radius 1 is 1.05 bits per heavy atom. The Kier molecular flexibility index (Phi) is 13.7. The van der Waals surface area contributed by atoms with Crippen LogP contribution in [0.3, 0.4) is 0 Å². The van der Waals surface area contributed by atoms with Crippen molar-refractivity contribution in [3.05, 3.63) is 41.4 Å². The number of allylic oxidation sites excluding steroid dienone is 2. The summed E-state index contributed by atoms with van der Waals surface area (Å²) in [6, 6.07) is 7.32. The minimum absolute atomic E-state index is 0.141. The van der Waals surface area contributed by atoms with Crippen LogP contribution >= 0.6 is 11.6 Å².